The van der Waals surface area contributed by atoms with Crippen LogP contribution in [0.4, 0.5) is 0 Å². The van der Waals surface area contributed by atoms with Gasteiger partial charge in [0.2, 0.25) is 0 Å². The number of hydrogen-bond donors (Lipinski definition) is 2. The summed E-state index contributed by atoms with van der Waals surface area (Å²) in [6, 6.07) is 14.4. The number of benzene rings is 2. The summed E-state index contributed by atoms with van der Waals surface area (Å²) in [7, 11) is 3.96. The summed E-state index contributed by atoms with van der Waals surface area (Å²) in [4.78, 5) is 14.3. The lowest BCUT2D eigenvalue weighted by Crippen LogP contribution is -2.28. The van der Waals surface area contributed by atoms with E-state index in [2.05, 4.69) is 5.32 Å². The molecule has 0 aliphatic carbocycles. The summed E-state index contributed by atoms with van der Waals surface area (Å²) in [6.07, 6.45) is -0.763. The number of aliphatic hydroxyl groups excluding tert-OH is 1. The molecule has 2 rings (SSSR count). The highest BCUT2D eigenvalue weighted by atomic mass is 35.5. The van der Waals surface area contributed by atoms with Gasteiger partial charge in [-0.05, 0) is 49.5 Å². The highest BCUT2D eigenvalue weighted by Crippen LogP contribution is 2.16. The Hall–Kier alpha value is -1.88. The molecule has 0 bridgehead atoms. The molecular formula is C18H21ClN2O2. The minimum absolute atomic E-state index is 0.151. The molecule has 4 nitrogen and oxygen atoms in total. The van der Waals surface area contributed by atoms with E-state index >= 15 is 0 Å². The number of amides is 1. The number of halogens is 1. The van der Waals surface area contributed by atoms with Gasteiger partial charge in [-0.1, -0.05) is 35.9 Å². The number of hydrogen-bond acceptors (Lipinski definition) is 3. The van der Waals surface area contributed by atoms with Crippen LogP contribution in [-0.4, -0.2) is 36.6 Å². The van der Waals surface area contributed by atoms with Gasteiger partial charge in [0, 0.05) is 23.7 Å². The van der Waals surface area contributed by atoms with Crippen LogP contribution >= 0.6 is 11.6 Å². The molecule has 1 amide bonds. The maximum absolute atomic E-state index is 12.2. The van der Waals surface area contributed by atoms with Crippen molar-refractivity contribution in [3.05, 3.63) is 70.2 Å². The average Bonchev–Trinajstić information content (AvgIpc) is 2.52. The number of nitrogens with one attached hydrogen (secondary N) is 1. The van der Waals surface area contributed by atoms with Gasteiger partial charge in [0.25, 0.3) is 5.91 Å². The lowest BCUT2D eigenvalue weighted by Gasteiger charge is -2.13. The Kier molecular flexibility index (Phi) is 6.16. The van der Waals surface area contributed by atoms with E-state index in [0.29, 0.717) is 10.6 Å². The largest absolute Gasteiger partial charge is 0.387 e. The molecule has 5 heteroatoms. The molecule has 0 spiro atoms. The van der Waals surface area contributed by atoms with Crippen molar-refractivity contribution in [2.45, 2.75) is 12.6 Å². The molecule has 0 aromatic heterocycles. The third kappa shape index (κ3) is 5.36. The molecule has 0 aliphatic heterocycles. The maximum Gasteiger partial charge on any atom is 0.251 e. The second-order valence-corrected chi connectivity index (χ2v) is 6.15. The Morgan fingerprint density at radius 1 is 1.22 bits per heavy atom. The molecule has 0 saturated heterocycles. The number of aliphatic hydroxyl groups is 1. The molecule has 23 heavy (non-hydrogen) atoms. The zero-order valence-corrected chi connectivity index (χ0v) is 14.0. The molecular weight excluding hydrogens is 312 g/mol. The smallest absolute Gasteiger partial charge is 0.251 e. The SMILES string of the molecule is CN(C)Cc1cccc(C(=O)NCC(O)c2ccc(Cl)cc2)c1. The van der Waals surface area contributed by atoms with Gasteiger partial charge < -0.3 is 15.3 Å². The molecule has 1 atom stereocenters. The molecule has 0 radical (unpaired) electrons. The zero-order chi connectivity index (χ0) is 16.8. The Morgan fingerprint density at radius 3 is 2.57 bits per heavy atom. The van der Waals surface area contributed by atoms with E-state index < -0.39 is 6.10 Å². The van der Waals surface area contributed by atoms with Crippen LogP contribution in [0.1, 0.15) is 27.6 Å². The Morgan fingerprint density at radius 2 is 1.91 bits per heavy atom. The number of nitrogens with zero attached hydrogens (tertiary/aromatic N) is 1. The van der Waals surface area contributed by atoms with Gasteiger partial charge in [0.15, 0.2) is 0 Å². The van der Waals surface area contributed by atoms with E-state index in [-0.39, 0.29) is 12.5 Å². The fourth-order valence-electron chi connectivity index (χ4n) is 2.27. The first-order chi connectivity index (χ1) is 11.0. The molecule has 0 fully saturated rings. The first-order valence-corrected chi connectivity index (χ1v) is 7.79. The van der Waals surface area contributed by atoms with E-state index in [1.54, 1.807) is 30.3 Å². The molecule has 2 N–H and O–H groups in total. The summed E-state index contributed by atoms with van der Waals surface area (Å²) < 4.78 is 0. The molecule has 1 unspecified atom stereocenters. The van der Waals surface area contributed by atoms with Crippen molar-refractivity contribution in [2.75, 3.05) is 20.6 Å². The van der Waals surface area contributed by atoms with Gasteiger partial charge in [0.1, 0.15) is 0 Å². The number of rotatable bonds is 6. The Bertz CT molecular complexity index is 656. The minimum atomic E-state index is -0.763. The van der Waals surface area contributed by atoms with Gasteiger partial charge >= 0.3 is 0 Å². The predicted octanol–water partition coefficient (Wildman–Crippen LogP) is 2.87. The van der Waals surface area contributed by atoms with Crippen molar-refractivity contribution in [2.24, 2.45) is 0 Å². The van der Waals surface area contributed by atoms with Crippen molar-refractivity contribution in [3.63, 3.8) is 0 Å². The fourth-order valence-corrected chi connectivity index (χ4v) is 2.40. The molecule has 122 valence electrons. The van der Waals surface area contributed by atoms with Gasteiger partial charge in [-0.2, -0.15) is 0 Å². The molecule has 0 saturated carbocycles. The van der Waals surface area contributed by atoms with E-state index in [1.807, 2.05) is 37.2 Å². The second kappa shape index (κ2) is 8.11. The lowest BCUT2D eigenvalue weighted by atomic mass is 10.1. The highest BCUT2D eigenvalue weighted by molar-refractivity contribution is 6.30. The topological polar surface area (TPSA) is 52.6 Å². The van der Waals surface area contributed by atoms with Crippen molar-refractivity contribution in [3.8, 4) is 0 Å². The van der Waals surface area contributed by atoms with Crippen LogP contribution in [0, 0.1) is 0 Å². The Labute approximate surface area is 141 Å². The first-order valence-electron chi connectivity index (χ1n) is 7.41. The van der Waals surface area contributed by atoms with Crippen molar-refractivity contribution < 1.29 is 9.90 Å². The van der Waals surface area contributed by atoms with Crippen molar-refractivity contribution in [1.29, 1.82) is 0 Å². The van der Waals surface area contributed by atoms with E-state index in [0.717, 1.165) is 17.7 Å². The van der Waals surface area contributed by atoms with Crippen LogP contribution in [0.15, 0.2) is 48.5 Å². The minimum Gasteiger partial charge on any atom is -0.387 e. The average molecular weight is 333 g/mol. The van der Waals surface area contributed by atoms with Crippen LogP contribution in [0.3, 0.4) is 0 Å². The maximum atomic E-state index is 12.2. The molecule has 2 aromatic rings. The standard InChI is InChI=1S/C18H21ClN2O2/c1-21(2)12-13-4-3-5-15(10-13)18(23)20-11-17(22)14-6-8-16(19)9-7-14/h3-10,17,22H,11-12H2,1-2H3,(H,20,23). The van der Waals surface area contributed by atoms with Crippen LogP contribution in [0.25, 0.3) is 0 Å². The third-order valence-electron chi connectivity index (χ3n) is 3.40. The van der Waals surface area contributed by atoms with E-state index in [4.69, 9.17) is 11.6 Å². The summed E-state index contributed by atoms with van der Waals surface area (Å²) in [6.45, 7) is 0.924. The van der Waals surface area contributed by atoms with Gasteiger partial charge in [-0.15, -0.1) is 0 Å². The quantitative estimate of drug-likeness (QED) is 0.855. The molecule has 0 aliphatic rings. The van der Waals surface area contributed by atoms with Crippen LogP contribution in [0.2, 0.25) is 5.02 Å². The normalized spacial score (nSPS) is 12.2. The highest BCUT2D eigenvalue weighted by Gasteiger charge is 2.11. The summed E-state index contributed by atoms with van der Waals surface area (Å²) >= 11 is 5.82. The van der Waals surface area contributed by atoms with Gasteiger partial charge in [-0.3, -0.25) is 4.79 Å². The number of carbonyl (C=O) groups excluding carboxylic acids is 1. The third-order valence-corrected chi connectivity index (χ3v) is 3.65. The van der Waals surface area contributed by atoms with Crippen LogP contribution < -0.4 is 5.32 Å². The molecule has 0 heterocycles. The van der Waals surface area contributed by atoms with Crippen molar-refractivity contribution >= 4 is 17.5 Å². The molecule has 2 aromatic carbocycles. The second-order valence-electron chi connectivity index (χ2n) is 5.72. The van der Waals surface area contributed by atoms with Crippen LogP contribution in [0.5, 0.6) is 0 Å². The lowest BCUT2D eigenvalue weighted by molar-refractivity contribution is 0.0916. The summed E-state index contributed by atoms with van der Waals surface area (Å²) in [5, 5.41) is 13.5. The van der Waals surface area contributed by atoms with Crippen LogP contribution in [-0.2, 0) is 6.54 Å². The summed E-state index contributed by atoms with van der Waals surface area (Å²) in [5.74, 6) is -0.196. The van der Waals surface area contributed by atoms with E-state index in [9.17, 15) is 9.90 Å². The van der Waals surface area contributed by atoms with Gasteiger partial charge in [-0.25, -0.2) is 0 Å². The zero-order valence-electron chi connectivity index (χ0n) is 13.3. The van der Waals surface area contributed by atoms with E-state index in [1.165, 1.54) is 0 Å². The monoisotopic (exact) mass is 332 g/mol. The first kappa shape index (κ1) is 17.5. The Balaban J connectivity index is 1.95. The van der Waals surface area contributed by atoms with Gasteiger partial charge in [0.05, 0.1) is 6.10 Å². The predicted molar refractivity (Wildman–Crippen MR) is 92.6 cm³/mol. The number of carbonyl (C=O) groups is 1. The van der Waals surface area contributed by atoms with Crippen molar-refractivity contribution in [1.82, 2.24) is 10.2 Å². The summed E-state index contributed by atoms with van der Waals surface area (Å²) in [5.41, 5.74) is 2.38. The fraction of sp³-hybridized carbons (Fsp3) is 0.278.